The first-order valence-corrected chi connectivity index (χ1v) is 11.3. The van der Waals surface area contributed by atoms with E-state index in [-0.39, 0.29) is 0 Å². The second kappa shape index (κ2) is 9.21. The Labute approximate surface area is 178 Å². The van der Waals surface area contributed by atoms with Gasteiger partial charge in [-0.05, 0) is 17.7 Å². The number of fused-ring (bicyclic) bond motifs is 1. The number of halogens is 3. The molecule has 1 aliphatic rings. The van der Waals surface area contributed by atoms with E-state index in [0.717, 1.165) is 35.9 Å². The van der Waals surface area contributed by atoms with Gasteiger partial charge in [-0.3, -0.25) is 9.23 Å². The summed E-state index contributed by atoms with van der Waals surface area (Å²) in [6.45, 7) is 2.08. The molecule has 0 bridgehead atoms. The van der Waals surface area contributed by atoms with Gasteiger partial charge in [-0.1, -0.05) is 42.5 Å². The summed E-state index contributed by atoms with van der Waals surface area (Å²) in [4.78, 5) is 0. The number of nitrogens with one attached hydrogen (secondary N) is 1. The van der Waals surface area contributed by atoms with Crippen LogP contribution in [0.5, 0.6) is 0 Å². The van der Waals surface area contributed by atoms with E-state index in [9.17, 15) is 21.6 Å². The average Bonchev–Trinajstić information content (AvgIpc) is 3.06. The van der Waals surface area contributed by atoms with Crippen LogP contribution in [0.25, 0.3) is 11.3 Å². The van der Waals surface area contributed by atoms with Crippen LogP contribution in [-0.2, 0) is 35.8 Å². The van der Waals surface area contributed by atoms with Crippen LogP contribution in [0.4, 0.5) is 13.2 Å². The molecule has 0 aliphatic carbocycles. The summed E-state index contributed by atoms with van der Waals surface area (Å²) in [5, 5.41) is 7.99. The van der Waals surface area contributed by atoms with Crippen LogP contribution in [0, 0.1) is 0 Å². The number of hydrogen-bond donors (Lipinski definition) is 2. The third-order valence-electron chi connectivity index (χ3n) is 4.65. The van der Waals surface area contributed by atoms with Gasteiger partial charge >= 0.3 is 6.18 Å². The predicted octanol–water partition coefficient (Wildman–Crippen LogP) is 3.77. The van der Waals surface area contributed by atoms with E-state index in [0.29, 0.717) is 30.6 Å². The molecule has 0 unspecified atom stereocenters. The van der Waals surface area contributed by atoms with E-state index in [4.69, 9.17) is 4.55 Å². The SMILES string of the molecule is CS(=O)(=O)O.FC(F)(F)c1cccc(-c2nn(Cc3ccccc3)c3c2CNCC3)c1. The molecule has 1 aliphatic heterocycles. The van der Waals surface area contributed by atoms with Crippen molar-refractivity contribution in [2.24, 2.45) is 0 Å². The van der Waals surface area contributed by atoms with Crippen LogP contribution in [0.3, 0.4) is 0 Å². The molecule has 6 nitrogen and oxygen atoms in total. The van der Waals surface area contributed by atoms with Crippen molar-refractivity contribution >= 4 is 10.1 Å². The molecule has 2 heterocycles. The second-order valence-corrected chi connectivity index (χ2v) is 8.62. The Morgan fingerprint density at radius 1 is 1.13 bits per heavy atom. The molecular formula is C21H22F3N3O3S. The summed E-state index contributed by atoms with van der Waals surface area (Å²) in [6, 6.07) is 15.4. The molecule has 0 fully saturated rings. The average molecular weight is 453 g/mol. The lowest BCUT2D eigenvalue weighted by molar-refractivity contribution is -0.137. The monoisotopic (exact) mass is 453 g/mol. The van der Waals surface area contributed by atoms with Gasteiger partial charge in [0.05, 0.1) is 24.1 Å². The Hall–Kier alpha value is -2.69. The van der Waals surface area contributed by atoms with Gasteiger partial charge in [0.1, 0.15) is 0 Å². The standard InChI is InChI=1S/C20H18F3N3.CH4O3S/c21-20(22,23)16-8-4-7-15(11-16)19-17-12-24-10-9-18(17)26(25-19)13-14-5-2-1-3-6-14;1-5(2,3)4/h1-8,11,24H,9-10,12-13H2;1H3,(H,2,3,4). The summed E-state index contributed by atoms with van der Waals surface area (Å²) in [6.07, 6.45) is -2.83. The molecule has 1 aromatic heterocycles. The molecule has 0 radical (unpaired) electrons. The summed E-state index contributed by atoms with van der Waals surface area (Å²) in [5.41, 5.74) is 3.70. The first-order valence-electron chi connectivity index (χ1n) is 9.45. The molecule has 2 N–H and O–H groups in total. The fraction of sp³-hybridized carbons (Fsp3) is 0.286. The number of nitrogens with zero attached hydrogens (tertiary/aromatic N) is 2. The van der Waals surface area contributed by atoms with Crippen LogP contribution < -0.4 is 5.32 Å². The second-order valence-electron chi connectivity index (χ2n) is 7.16. The highest BCUT2D eigenvalue weighted by Crippen LogP contribution is 2.34. The Kier molecular flexibility index (Phi) is 6.83. The Morgan fingerprint density at radius 2 is 1.81 bits per heavy atom. The van der Waals surface area contributed by atoms with Gasteiger partial charge < -0.3 is 5.32 Å². The highest BCUT2D eigenvalue weighted by Gasteiger charge is 2.31. The highest BCUT2D eigenvalue weighted by molar-refractivity contribution is 7.85. The maximum Gasteiger partial charge on any atom is 0.416 e. The molecule has 31 heavy (non-hydrogen) atoms. The zero-order valence-electron chi connectivity index (χ0n) is 16.7. The molecule has 0 spiro atoms. The normalized spacial score (nSPS) is 13.8. The molecule has 0 saturated heterocycles. The fourth-order valence-corrected chi connectivity index (χ4v) is 3.38. The van der Waals surface area contributed by atoms with Crippen molar-refractivity contribution in [3.8, 4) is 11.3 Å². The molecule has 166 valence electrons. The van der Waals surface area contributed by atoms with Crippen LogP contribution in [-0.4, -0.2) is 35.6 Å². The van der Waals surface area contributed by atoms with E-state index in [2.05, 4.69) is 10.4 Å². The molecule has 2 aromatic carbocycles. The lowest BCUT2D eigenvalue weighted by atomic mass is 10.0. The van der Waals surface area contributed by atoms with Crippen molar-refractivity contribution in [1.82, 2.24) is 15.1 Å². The smallest absolute Gasteiger partial charge is 0.312 e. The fourth-order valence-electron chi connectivity index (χ4n) is 3.38. The van der Waals surface area contributed by atoms with Crippen LogP contribution in [0.1, 0.15) is 22.4 Å². The minimum atomic E-state index is -4.36. The molecule has 0 atom stereocenters. The van der Waals surface area contributed by atoms with Crippen molar-refractivity contribution in [2.75, 3.05) is 12.8 Å². The van der Waals surface area contributed by atoms with Gasteiger partial charge in [-0.2, -0.15) is 26.7 Å². The van der Waals surface area contributed by atoms with Crippen LogP contribution in [0.15, 0.2) is 54.6 Å². The maximum atomic E-state index is 13.1. The highest BCUT2D eigenvalue weighted by atomic mass is 32.2. The molecule has 0 saturated carbocycles. The minimum absolute atomic E-state index is 0.506. The Morgan fingerprint density at radius 3 is 2.45 bits per heavy atom. The lowest BCUT2D eigenvalue weighted by Crippen LogP contribution is -2.25. The van der Waals surface area contributed by atoms with E-state index < -0.39 is 21.9 Å². The largest absolute Gasteiger partial charge is 0.416 e. The van der Waals surface area contributed by atoms with Crippen molar-refractivity contribution in [3.63, 3.8) is 0 Å². The zero-order chi connectivity index (χ0) is 22.6. The van der Waals surface area contributed by atoms with Gasteiger partial charge in [0.15, 0.2) is 0 Å². The summed E-state index contributed by atoms with van der Waals surface area (Å²) in [7, 11) is -3.67. The summed E-state index contributed by atoms with van der Waals surface area (Å²) >= 11 is 0. The van der Waals surface area contributed by atoms with Gasteiger partial charge in [-0.15, -0.1) is 0 Å². The van der Waals surface area contributed by atoms with E-state index in [1.54, 1.807) is 6.07 Å². The Bertz CT molecular complexity index is 1140. The van der Waals surface area contributed by atoms with Crippen molar-refractivity contribution in [3.05, 3.63) is 77.0 Å². The first kappa shape index (κ1) is 23.0. The van der Waals surface area contributed by atoms with E-state index in [1.807, 2.05) is 35.0 Å². The van der Waals surface area contributed by atoms with Crippen molar-refractivity contribution in [2.45, 2.75) is 25.7 Å². The molecule has 0 amide bonds. The third kappa shape index (κ3) is 6.39. The quantitative estimate of drug-likeness (QED) is 0.590. The summed E-state index contributed by atoms with van der Waals surface area (Å²) < 4.78 is 67.0. The van der Waals surface area contributed by atoms with Crippen LogP contribution >= 0.6 is 0 Å². The molecule has 3 aromatic rings. The van der Waals surface area contributed by atoms with Gasteiger partial charge in [0.2, 0.25) is 0 Å². The number of benzene rings is 2. The minimum Gasteiger partial charge on any atom is -0.312 e. The van der Waals surface area contributed by atoms with Crippen molar-refractivity contribution in [1.29, 1.82) is 0 Å². The predicted molar refractivity (Wildman–Crippen MR) is 111 cm³/mol. The van der Waals surface area contributed by atoms with Gasteiger partial charge in [0, 0.05) is 36.3 Å². The van der Waals surface area contributed by atoms with Crippen LogP contribution in [0.2, 0.25) is 0 Å². The molecule has 10 heteroatoms. The maximum absolute atomic E-state index is 13.1. The first-order chi connectivity index (χ1) is 14.5. The third-order valence-corrected chi connectivity index (χ3v) is 4.65. The van der Waals surface area contributed by atoms with E-state index in [1.165, 1.54) is 12.1 Å². The number of rotatable bonds is 3. The van der Waals surface area contributed by atoms with E-state index >= 15 is 0 Å². The number of alkyl halides is 3. The summed E-state index contributed by atoms with van der Waals surface area (Å²) in [5.74, 6) is 0. The van der Waals surface area contributed by atoms with Crippen molar-refractivity contribution < 1.29 is 26.1 Å². The molecular weight excluding hydrogens is 431 g/mol. The zero-order valence-corrected chi connectivity index (χ0v) is 17.5. The number of hydrogen-bond acceptors (Lipinski definition) is 4. The van der Waals surface area contributed by atoms with Gasteiger partial charge in [-0.25, -0.2) is 0 Å². The lowest BCUT2D eigenvalue weighted by Gasteiger charge is -2.16. The topological polar surface area (TPSA) is 84.2 Å². The van der Waals surface area contributed by atoms with Gasteiger partial charge in [0.25, 0.3) is 10.1 Å². The Balaban J connectivity index is 0.000000491. The molecule has 4 rings (SSSR count). The number of aromatic nitrogens is 2.